The Balaban J connectivity index is 1.88. The van der Waals surface area contributed by atoms with Gasteiger partial charge in [0.2, 0.25) is 11.8 Å². The van der Waals surface area contributed by atoms with E-state index in [2.05, 4.69) is 5.32 Å². The number of rotatable bonds is 10. The molecule has 1 aliphatic rings. The highest BCUT2D eigenvalue weighted by atomic mass is 35.5. The first-order valence-corrected chi connectivity index (χ1v) is 13.9. The van der Waals surface area contributed by atoms with Crippen molar-refractivity contribution in [2.75, 3.05) is 6.54 Å². The van der Waals surface area contributed by atoms with E-state index in [1.807, 2.05) is 13.8 Å². The summed E-state index contributed by atoms with van der Waals surface area (Å²) in [5.41, 5.74) is 0.547. The molecule has 36 heavy (non-hydrogen) atoms. The molecule has 0 saturated carbocycles. The molecule has 0 aliphatic carbocycles. The van der Waals surface area contributed by atoms with Gasteiger partial charge in [0, 0.05) is 41.2 Å². The lowest BCUT2D eigenvalue weighted by atomic mass is 10.1. The quantitative estimate of drug-likeness (QED) is 0.473. The van der Waals surface area contributed by atoms with Crippen LogP contribution in [0.3, 0.4) is 0 Å². The molecule has 0 fully saturated rings. The van der Waals surface area contributed by atoms with Crippen molar-refractivity contribution in [3.8, 4) is 0 Å². The molecule has 11 heteroatoms. The van der Waals surface area contributed by atoms with Crippen LogP contribution in [0.15, 0.2) is 47.4 Å². The number of halogens is 2. The maximum atomic E-state index is 13.5. The fourth-order valence-electron chi connectivity index (χ4n) is 4.01. The zero-order valence-electron chi connectivity index (χ0n) is 20.3. The van der Waals surface area contributed by atoms with Crippen LogP contribution in [0.1, 0.15) is 56.0 Å². The first-order chi connectivity index (χ1) is 17.0. The van der Waals surface area contributed by atoms with Gasteiger partial charge in [-0.05, 0) is 44.0 Å². The first-order valence-electron chi connectivity index (χ1n) is 11.7. The Morgan fingerprint density at radius 1 is 1.03 bits per heavy atom. The lowest BCUT2D eigenvalue weighted by Crippen LogP contribution is -2.51. The van der Waals surface area contributed by atoms with Gasteiger partial charge in [-0.1, -0.05) is 55.2 Å². The summed E-state index contributed by atoms with van der Waals surface area (Å²) in [6, 6.07) is 9.93. The maximum Gasteiger partial charge on any atom is 0.269 e. The topological polar surface area (TPSA) is 104 Å². The van der Waals surface area contributed by atoms with E-state index in [0.717, 1.165) is 0 Å². The Kier molecular flexibility index (Phi) is 9.03. The lowest BCUT2D eigenvalue weighted by molar-refractivity contribution is -0.141. The van der Waals surface area contributed by atoms with E-state index in [1.165, 1.54) is 23.1 Å². The second-order valence-electron chi connectivity index (χ2n) is 8.59. The predicted octanol–water partition coefficient (Wildman–Crippen LogP) is 4.25. The number of hydrogen-bond acceptors (Lipinski definition) is 5. The molecule has 194 valence electrons. The number of carbonyl (C=O) groups is 3. The minimum atomic E-state index is -4.06. The van der Waals surface area contributed by atoms with Crippen LogP contribution in [0, 0.1) is 0 Å². The largest absolute Gasteiger partial charge is 0.352 e. The Bertz CT molecular complexity index is 1250. The molecule has 2 aromatic carbocycles. The van der Waals surface area contributed by atoms with Crippen molar-refractivity contribution >= 4 is 50.9 Å². The third-order valence-corrected chi connectivity index (χ3v) is 8.77. The van der Waals surface area contributed by atoms with Crippen LogP contribution in [-0.4, -0.2) is 54.0 Å². The zero-order chi connectivity index (χ0) is 26.6. The Morgan fingerprint density at radius 3 is 2.25 bits per heavy atom. The molecular formula is C25H29Cl2N3O5S. The summed E-state index contributed by atoms with van der Waals surface area (Å²) in [5.74, 6) is -1.52. The van der Waals surface area contributed by atoms with Gasteiger partial charge >= 0.3 is 0 Å². The summed E-state index contributed by atoms with van der Waals surface area (Å²) in [7, 11) is -4.06. The lowest BCUT2D eigenvalue weighted by Gasteiger charge is -2.32. The third-order valence-electron chi connectivity index (χ3n) is 6.22. The number of nitrogens with one attached hydrogen (secondary N) is 1. The molecule has 3 rings (SSSR count). The molecular weight excluding hydrogens is 525 g/mol. The summed E-state index contributed by atoms with van der Waals surface area (Å²) in [5, 5.41) is 3.58. The van der Waals surface area contributed by atoms with E-state index < -0.39 is 27.9 Å². The number of sulfonamides is 1. The summed E-state index contributed by atoms with van der Waals surface area (Å²) in [4.78, 5) is 40.6. The van der Waals surface area contributed by atoms with Gasteiger partial charge in [0.25, 0.3) is 15.9 Å². The van der Waals surface area contributed by atoms with Gasteiger partial charge < -0.3 is 10.2 Å². The van der Waals surface area contributed by atoms with Crippen molar-refractivity contribution in [2.24, 2.45) is 0 Å². The Hall–Kier alpha value is -2.62. The Morgan fingerprint density at radius 2 is 1.67 bits per heavy atom. The van der Waals surface area contributed by atoms with Gasteiger partial charge in [-0.2, -0.15) is 0 Å². The molecule has 0 spiro atoms. The normalized spacial score (nSPS) is 15.8. The second kappa shape index (κ2) is 11.6. The van der Waals surface area contributed by atoms with E-state index in [-0.39, 0.29) is 41.9 Å². The van der Waals surface area contributed by atoms with Crippen molar-refractivity contribution in [2.45, 2.75) is 63.6 Å². The highest BCUT2D eigenvalue weighted by molar-refractivity contribution is 7.90. The SMILES string of the molecule is CCC(C)NC(=O)C(CC)N(Cc1c(Cl)cccc1Cl)C(=O)CCN1C(=O)c2ccccc2S1(=O)=O. The van der Waals surface area contributed by atoms with Crippen LogP contribution in [-0.2, 0) is 26.2 Å². The molecule has 1 aliphatic heterocycles. The van der Waals surface area contributed by atoms with Crippen molar-refractivity contribution in [3.63, 3.8) is 0 Å². The summed E-state index contributed by atoms with van der Waals surface area (Å²) in [6.07, 6.45) is 0.707. The summed E-state index contributed by atoms with van der Waals surface area (Å²) >= 11 is 12.7. The number of nitrogens with zero attached hydrogens (tertiary/aromatic N) is 2. The molecule has 2 aromatic rings. The fourth-order valence-corrected chi connectivity index (χ4v) is 6.09. The molecule has 3 amide bonds. The summed E-state index contributed by atoms with van der Waals surface area (Å²) in [6.45, 7) is 5.17. The third kappa shape index (κ3) is 5.68. The minimum absolute atomic E-state index is 0.0509. The van der Waals surface area contributed by atoms with E-state index >= 15 is 0 Å². The van der Waals surface area contributed by atoms with Gasteiger partial charge in [-0.25, -0.2) is 12.7 Å². The van der Waals surface area contributed by atoms with Crippen LogP contribution in [0.25, 0.3) is 0 Å². The number of carbonyl (C=O) groups excluding carboxylic acids is 3. The van der Waals surface area contributed by atoms with Gasteiger partial charge in [0.15, 0.2) is 0 Å². The average molecular weight is 554 g/mol. The standard InChI is InChI=1S/C25H29Cl2N3O5S/c1-4-16(3)28-24(32)21(5-2)29(15-18-19(26)10-8-11-20(18)27)23(31)13-14-30-25(33)17-9-6-7-12-22(17)36(30,34)35/h6-12,16,21H,4-5,13-15H2,1-3H3,(H,28,32). The molecule has 0 aromatic heterocycles. The van der Waals surface area contributed by atoms with Crippen LogP contribution < -0.4 is 5.32 Å². The highest BCUT2D eigenvalue weighted by Gasteiger charge is 2.41. The number of hydrogen-bond donors (Lipinski definition) is 1. The van der Waals surface area contributed by atoms with E-state index in [9.17, 15) is 22.8 Å². The number of benzene rings is 2. The molecule has 1 N–H and O–H groups in total. The van der Waals surface area contributed by atoms with Crippen LogP contribution >= 0.6 is 23.2 Å². The van der Waals surface area contributed by atoms with Gasteiger partial charge in [0.05, 0.1) is 5.56 Å². The summed E-state index contributed by atoms with van der Waals surface area (Å²) < 4.78 is 26.5. The molecule has 1 heterocycles. The van der Waals surface area contributed by atoms with Crippen molar-refractivity contribution < 1.29 is 22.8 Å². The van der Waals surface area contributed by atoms with Crippen molar-refractivity contribution in [1.82, 2.24) is 14.5 Å². The van der Waals surface area contributed by atoms with Crippen LogP contribution in [0.2, 0.25) is 10.0 Å². The number of fused-ring (bicyclic) bond motifs is 1. The van der Waals surface area contributed by atoms with E-state index in [4.69, 9.17) is 23.2 Å². The molecule has 0 radical (unpaired) electrons. The second-order valence-corrected chi connectivity index (χ2v) is 11.2. The molecule has 8 nitrogen and oxygen atoms in total. The smallest absolute Gasteiger partial charge is 0.269 e. The minimum Gasteiger partial charge on any atom is -0.352 e. The molecule has 2 unspecified atom stereocenters. The van der Waals surface area contributed by atoms with Crippen molar-refractivity contribution in [3.05, 3.63) is 63.6 Å². The highest BCUT2D eigenvalue weighted by Crippen LogP contribution is 2.31. The zero-order valence-corrected chi connectivity index (χ0v) is 22.7. The van der Waals surface area contributed by atoms with Gasteiger partial charge in [-0.15, -0.1) is 0 Å². The molecule has 2 atom stereocenters. The molecule has 0 bridgehead atoms. The van der Waals surface area contributed by atoms with Crippen molar-refractivity contribution in [1.29, 1.82) is 0 Å². The molecule has 0 saturated heterocycles. The number of amides is 3. The maximum absolute atomic E-state index is 13.5. The fraction of sp³-hybridized carbons (Fsp3) is 0.400. The average Bonchev–Trinajstić information content (AvgIpc) is 3.04. The predicted molar refractivity (Wildman–Crippen MR) is 138 cm³/mol. The first kappa shape index (κ1) is 28.0. The van der Waals surface area contributed by atoms with E-state index in [0.29, 0.717) is 32.8 Å². The van der Waals surface area contributed by atoms with E-state index in [1.54, 1.807) is 31.2 Å². The van der Waals surface area contributed by atoms with Gasteiger partial charge in [-0.3, -0.25) is 14.4 Å². The van der Waals surface area contributed by atoms with Crippen LogP contribution in [0.4, 0.5) is 0 Å². The monoisotopic (exact) mass is 553 g/mol. The van der Waals surface area contributed by atoms with Crippen LogP contribution in [0.5, 0.6) is 0 Å². The van der Waals surface area contributed by atoms with Gasteiger partial charge in [0.1, 0.15) is 10.9 Å². The Labute approximate surface area is 221 Å².